The molecular weight excluding hydrogens is 244 g/mol. The lowest BCUT2D eigenvalue weighted by molar-refractivity contribution is -0.114. The monoisotopic (exact) mass is 266 g/mol. The first kappa shape index (κ1) is 15.1. The van der Waals surface area contributed by atoms with E-state index in [1.807, 2.05) is 23.9 Å². The summed E-state index contributed by atoms with van der Waals surface area (Å²) >= 11 is 1.85. The van der Waals surface area contributed by atoms with Crippen LogP contribution in [0.15, 0.2) is 29.2 Å². The predicted molar refractivity (Wildman–Crippen MR) is 79.2 cm³/mol. The van der Waals surface area contributed by atoms with Crippen LogP contribution < -0.4 is 10.6 Å². The van der Waals surface area contributed by atoms with Crippen LogP contribution in [0.2, 0.25) is 0 Å². The molecule has 0 spiro atoms. The quantitative estimate of drug-likeness (QED) is 0.745. The van der Waals surface area contributed by atoms with Gasteiger partial charge in [0.1, 0.15) is 0 Å². The molecular formula is C14H22N2OS. The zero-order valence-corrected chi connectivity index (χ0v) is 12.1. The maximum absolute atomic E-state index is 10.9. The molecule has 100 valence electrons. The van der Waals surface area contributed by atoms with Gasteiger partial charge in [-0.05, 0) is 43.3 Å². The number of amides is 1. The summed E-state index contributed by atoms with van der Waals surface area (Å²) in [6.07, 6.45) is 0. The van der Waals surface area contributed by atoms with Gasteiger partial charge >= 0.3 is 0 Å². The Morgan fingerprint density at radius 2 is 2.00 bits per heavy atom. The average molecular weight is 266 g/mol. The lowest BCUT2D eigenvalue weighted by Gasteiger charge is -2.11. The van der Waals surface area contributed by atoms with Gasteiger partial charge in [0.05, 0.1) is 0 Å². The van der Waals surface area contributed by atoms with Crippen molar-refractivity contribution >= 4 is 23.4 Å². The van der Waals surface area contributed by atoms with Gasteiger partial charge in [0.2, 0.25) is 5.91 Å². The van der Waals surface area contributed by atoms with E-state index in [1.165, 1.54) is 11.8 Å². The van der Waals surface area contributed by atoms with Gasteiger partial charge in [-0.25, -0.2) is 0 Å². The molecule has 0 bridgehead atoms. The van der Waals surface area contributed by atoms with Crippen molar-refractivity contribution in [3.8, 4) is 0 Å². The van der Waals surface area contributed by atoms with Gasteiger partial charge in [0.15, 0.2) is 0 Å². The lowest BCUT2D eigenvalue weighted by atomic mass is 10.2. The van der Waals surface area contributed by atoms with Crippen molar-refractivity contribution in [2.45, 2.75) is 25.7 Å². The zero-order chi connectivity index (χ0) is 13.4. The van der Waals surface area contributed by atoms with Crippen LogP contribution in [0.5, 0.6) is 0 Å². The van der Waals surface area contributed by atoms with E-state index in [1.54, 1.807) is 0 Å². The molecule has 1 unspecified atom stereocenters. The molecule has 0 fully saturated rings. The maximum Gasteiger partial charge on any atom is 0.221 e. The largest absolute Gasteiger partial charge is 0.326 e. The Labute approximate surface area is 114 Å². The van der Waals surface area contributed by atoms with Crippen LogP contribution in [-0.2, 0) is 4.79 Å². The summed E-state index contributed by atoms with van der Waals surface area (Å²) in [7, 11) is 0. The second-order valence-corrected chi connectivity index (χ2v) is 5.52. The average Bonchev–Trinajstić information content (AvgIpc) is 2.35. The van der Waals surface area contributed by atoms with E-state index < -0.39 is 0 Å². The van der Waals surface area contributed by atoms with Crippen LogP contribution in [0.1, 0.15) is 20.8 Å². The Morgan fingerprint density at radius 1 is 1.33 bits per heavy atom. The van der Waals surface area contributed by atoms with Crippen LogP contribution in [0.25, 0.3) is 0 Å². The second-order valence-electron chi connectivity index (χ2n) is 4.43. The number of rotatable bonds is 7. The van der Waals surface area contributed by atoms with Crippen molar-refractivity contribution in [1.29, 1.82) is 0 Å². The molecule has 1 aromatic carbocycles. The summed E-state index contributed by atoms with van der Waals surface area (Å²) < 4.78 is 0. The molecule has 1 amide bonds. The summed E-state index contributed by atoms with van der Waals surface area (Å²) in [6, 6.07) is 7.99. The van der Waals surface area contributed by atoms with Crippen LogP contribution >= 0.6 is 11.8 Å². The van der Waals surface area contributed by atoms with Crippen molar-refractivity contribution in [2.24, 2.45) is 5.92 Å². The van der Waals surface area contributed by atoms with Crippen molar-refractivity contribution in [2.75, 3.05) is 24.2 Å². The molecule has 18 heavy (non-hydrogen) atoms. The minimum absolute atomic E-state index is 0.0327. The number of benzene rings is 1. The molecule has 0 saturated heterocycles. The third-order valence-corrected chi connectivity index (χ3v) is 3.79. The highest BCUT2D eigenvalue weighted by Gasteiger charge is 2.03. The molecule has 4 heteroatoms. The third-order valence-electron chi connectivity index (χ3n) is 2.45. The van der Waals surface area contributed by atoms with Crippen LogP contribution in [0.3, 0.4) is 0 Å². The standard InChI is InChI=1S/C14H22N2OS/c1-4-15-9-11(2)10-18-14-7-5-13(6-8-14)16-12(3)17/h5-8,11,15H,4,9-10H2,1-3H3,(H,16,17). The number of hydrogen-bond acceptors (Lipinski definition) is 3. The van der Waals surface area contributed by atoms with E-state index in [4.69, 9.17) is 0 Å². The summed E-state index contributed by atoms with van der Waals surface area (Å²) in [5.41, 5.74) is 0.854. The molecule has 1 atom stereocenters. The van der Waals surface area contributed by atoms with Crippen molar-refractivity contribution in [1.82, 2.24) is 5.32 Å². The maximum atomic E-state index is 10.9. The zero-order valence-electron chi connectivity index (χ0n) is 11.3. The number of carbonyl (C=O) groups excluding carboxylic acids is 1. The number of thioether (sulfide) groups is 1. The molecule has 0 aliphatic heterocycles. The molecule has 0 heterocycles. The molecule has 1 rings (SSSR count). The molecule has 0 aromatic heterocycles. The summed E-state index contributed by atoms with van der Waals surface area (Å²) in [4.78, 5) is 12.1. The van der Waals surface area contributed by atoms with E-state index in [2.05, 4.69) is 36.6 Å². The van der Waals surface area contributed by atoms with Gasteiger partial charge in [0.25, 0.3) is 0 Å². The molecule has 3 nitrogen and oxygen atoms in total. The van der Waals surface area contributed by atoms with Gasteiger partial charge in [-0.2, -0.15) is 0 Å². The van der Waals surface area contributed by atoms with Crippen molar-refractivity contribution < 1.29 is 4.79 Å². The van der Waals surface area contributed by atoms with Crippen LogP contribution in [0, 0.1) is 5.92 Å². The van der Waals surface area contributed by atoms with E-state index in [9.17, 15) is 4.79 Å². The van der Waals surface area contributed by atoms with Gasteiger partial charge in [0, 0.05) is 23.3 Å². The smallest absolute Gasteiger partial charge is 0.221 e. The number of anilines is 1. The highest BCUT2D eigenvalue weighted by molar-refractivity contribution is 7.99. The highest BCUT2D eigenvalue weighted by atomic mass is 32.2. The fourth-order valence-corrected chi connectivity index (χ4v) is 2.45. The topological polar surface area (TPSA) is 41.1 Å². The fraction of sp³-hybridized carbons (Fsp3) is 0.500. The fourth-order valence-electron chi connectivity index (χ4n) is 1.53. The summed E-state index contributed by atoms with van der Waals surface area (Å²) in [6.45, 7) is 7.99. The van der Waals surface area contributed by atoms with E-state index in [0.717, 1.165) is 24.5 Å². The van der Waals surface area contributed by atoms with E-state index in [0.29, 0.717) is 5.92 Å². The van der Waals surface area contributed by atoms with E-state index in [-0.39, 0.29) is 5.91 Å². The Balaban J connectivity index is 2.36. The predicted octanol–water partition coefficient (Wildman–Crippen LogP) is 2.98. The lowest BCUT2D eigenvalue weighted by Crippen LogP contribution is -2.21. The van der Waals surface area contributed by atoms with Gasteiger partial charge in [-0.1, -0.05) is 13.8 Å². The van der Waals surface area contributed by atoms with Gasteiger partial charge in [-0.3, -0.25) is 4.79 Å². The van der Waals surface area contributed by atoms with E-state index >= 15 is 0 Å². The summed E-state index contributed by atoms with van der Waals surface area (Å²) in [5, 5.41) is 6.12. The Bertz CT molecular complexity index is 365. The van der Waals surface area contributed by atoms with Crippen LogP contribution in [-0.4, -0.2) is 24.7 Å². The summed E-state index contributed by atoms with van der Waals surface area (Å²) in [5.74, 6) is 1.73. The minimum atomic E-state index is -0.0327. The van der Waals surface area contributed by atoms with Crippen molar-refractivity contribution in [3.63, 3.8) is 0 Å². The number of carbonyl (C=O) groups is 1. The second kappa shape index (κ2) is 8.16. The van der Waals surface area contributed by atoms with Crippen LogP contribution in [0.4, 0.5) is 5.69 Å². The third kappa shape index (κ3) is 6.07. The first-order chi connectivity index (χ1) is 8.61. The molecule has 0 saturated carbocycles. The number of nitrogens with one attached hydrogen (secondary N) is 2. The molecule has 1 aromatic rings. The molecule has 0 aliphatic carbocycles. The number of hydrogen-bond donors (Lipinski definition) is 2. The van der Waals surface area contributed by atoms with Crippen molar-refractivity contribution in [3.05, 3.63) is 24.3 Å². The Kier molecular flexibility index (Phi) is 6.83. The van der Waals surface area contributed by atoms with Gasteiger partial charge < -0.3 is 10.6 Å². The molecule has 0 radical (unpaired) electrons. The minimum Gasteiger partial charge on any atom is -0.326 e. The first-order valence-corrected chi connectivity index (χ1v) is 7.31. The highest BCUT2D eigenvalue weighted by Crippen LogP contribution is 2.22. The first-order valence-electron chi connectivity index (χ1n) is 6.33. The normalized spacial score (nSPS) is 12.2. The molecule has 2 N–H and O–H groups in total. The van der Waals surface area contributed by atoms with Gasteiger partial charge in [-0.15, -0.1) is 11.8 Å². The molecule has 0 aliphatic rings. The Morgan fingerprint density at radius 3 is 2.56 bits per heavy atom. The SMILES string of the molecule is CCNCC(C)CSc1ccc(NC(C)=O)cc1. The Hall–Kier alpha value is -1.00.